The van der Waals surface area contributed by atoms with Crippen molar-refractivity contribution in [2.45, 2.75) is 18.8 Å². The number of piperidine rings is 1. The summed E-state index contributed by atoms with van der Waals surface area (Å²) in [7, 11) is 0. The smallest absolute Gasteiger partial charge is 0.254 e. The highest BCUT2D eigenvalue weighted by Crippen LogP contribution is 2.32. The molecule has 0 aromatic heterocycles. The third kappa shape index (κ3) is 3.04. The number of rotatable bonds is 2. The van der Waals surface area contributed by atoms with Crippen LogP contribution in [0.1, 0.15) is 34.7 Å². The molecule has 2 aliphatic heterocycles. The topological polar surface area (TPSA) is 41.6 Å². The molecule has 1 amide bonds. The summed E-state index contributed by atoms with van der Waals surface area (Å²) in [5.41, 5.74) is 2.21. The minimum absolute atomic E-state index is 0.118. The molecular weight excluding hydrogens is 300 g/mol. The van der Waals surface area contributed by atoms with E-state index in [0.717, 1.165) is 18.7 Å². The molecule has 2 aromatic rings. The van der Waals surface area contributed by atoms with E-state index < -0.39 is 0 Å². The number of hydrogen-bond donors (Lipinski definition) is 1. The molecular formula is C20H24N2O2. The molecule has 0 atom stereocenters. The standard InChI is InChI=1S/C20H24N2O2/c23-20(22-10-12-24-13-11-22)17-4-5-19-16(14-17)2-1-3-18(19)15-6-8-21-9-7-15/h1-5,14-15,21H,6-13H2. The van der Waals surface area contributed by atoms with Crippen molar-refractivity contribution in [2.24, 2.45) is 0 Å². The van der Waals surface area contributed by atoms with Gasteiger partial charge in [-0.05, 0) is 60.3 Å². The lowest BCUT2D eigenvalue weighted by molar-refractivity contribution is 0.0303. The molecule has 4 nitrogen and oxygen atoms in total. The van der Waals surface area contributed by atoms with Gasteiger partial charge in [0.2, 0.25) is 0 Å². The monoisotopic (exact) mass is 324 g/mol. The van der Waals surface area contributed by atoms with Gasteiger partial charge in [-0.3, -0.25) is 4.79 Å². The van der Waals surface area contributed by atoms with Crippen LogP contribution >= 0.6 is 0 Å². The molecule has 126 valence electrons. The van der Waals surface area contributed by atoms with Gasteiger partial charge in [0.15, 0.2) is 0 Å². The van der Waals surface area contributed by atoms with E-state index in [2.05, 4.69) is 35.6 Å². The van der Waals surface area contributed by atoms with Crippen LogP contribution < -0.4 is 5.32 Å². The molecule has 4 rings (SSSR count). The zero-order valence-electron chi connectivity index (χ0n) is 14.0. The number of ether oxygens (including phenoxy) is 1. The van der Waals surface area contributed by atoms with Crippen LogP contribution in [-0.2, 0) is 4.74 Å². The lowest BCUT2D eigenvalue weighted by atomic mass is 9.86. The summed E-state index contributed by atoms with van der Waals surface area (Å²) in [6.45, 7) is 4.83. The van der Waals surface area contributed by atoms with Crippen molar-refractivity contribution < 1.29 is 9.53 Å². The maximum atomic E-state index is 12.7. The average Bonchev–Trinajstić information content (AvgIpc) is 2.68. The molecule has 2 aliphatic rings. The van der Waals surface area contributed by atoms with E-state index in [-0.39, 0.29) is 5.91 Å². The Morgan fingerprint density at radius 2 is 1.88 bits per heavy atom. The normalized spacial score (nSPS) is 19.6. The Balaban J connectivity index is 1.64. The molecule has 2 heterocycles. The number of benzene rings is 2. The highest BCUT2D eigenvalue weighted by atomic mass is 16.5. The van der Waals surface area contributed by atoms with Gasteiger partial charge in [-0.15, -0.1) is 0 Å². The van der Waals surface area contributed by atoms with Gasteiger partial charge in [-0.2, -0.15) is 0 Å². The SMILES string of the molecule is O=C(c1ccc2c(C3CCNCC3)cccc2c1)N1CCOCC1. The zero-order valence-corrected chi connectivity index (χ0v) is 14.0. The van der Waals surface area contributed by atoms with E-state index in [1.54, 1.807) is 0 Å². The Labute approximate surface area is 142 Å². The van der Waals surface area contributed by atoms with Crippen molar-refractivity contribution in [3.63, 3.8) is 0 Å². The van der Waals surface area contributed by atoms with Crippen molar-refractivity contribution in [2.75, 3.05) is 39.4 Å². The summed E-state index contributed by atoms with van der Waals surface area (Å²) in [5, 5.41) is 5.90. The van der Waals surface area contributed by atoms with Crippen molar-refractivity contribution in [3.05, 3.63) is 47.5 Å². The second-order valence-electron chi connectivity index (χ2n) is 6.71. The first-order chi connectivity index (χ1) is 11.8. The number of amides is 1. The largest absolute Gasteiger partial charge is 0.378 e. The van der Waals surface area contributed by atoms with Crippen LogP contribution in [0, 0.1) is 0 Å². The third-order valence-corrected chi connectivity index (χ3v) is 5.24. The van der Waals surface area contributed by atoms with E-state index in [1.165, 1.54) is 29.2 Å². The van der Waals surface area contributed by atoms with Crippen LogP contribution in [0.25, 0.3) is 10.8 Å². The van der Waals surface area contributed by atoms with Gasteiger partial charge in [-0.1, -0.05) is 24.3 Å². The van der Waals surface area contributed by atoms with Crippen LogP contribution in [0.2, 0.25) is 0 Å². The molecule has 4 heteroatoms. The molecule has 0 unspecified atom stereocenters. The number of nitrogens with zero attached hydrogens (tertiary/aromatic N) is 1. The third-order valence-electron chi connectivity index (χ3n) is 5.24. The summed E-state index contributed by atoms with van der Waals surface area (Å²) < 4.78 is 5.34. The highest BCUT2D eigenvalue weighted by molar-refractivity contribution is 5.99. The Bertz CT molecular complexity index is 731. The van der Waals surface area contributed by atoms with Gasteiger partial charge in [0.1, 0.15) is 0 Å². The fourth-order valence-corrected chi connectivity index (χ4v) is 3.88. The molecule has 2 aromatic carbocycles. The first-order valence-corrected chi connectivity index (χ1v) is 8.93. The van der Waals surface area contributed by atoms with Crippen molar-refractivity contribution in [3.8, 4) is 0 Å². The molecule has 0 saturated carbocycles. The van der Waals surface area contributed by atoms with E-state index >= 15 is 0 Å². The molecule has 1 N–H and O–H groups in total. The summed E-state index contributed by atoms with van der Waals surface area (Å²) in [6, 6.07) is 12.7. The van der Waals surface area contributed by atoms with Gasteiger partial charge >= 0.3 is 0 Å². The zero-order chi connectivity index (χ0) is 16.4. The van der Waals surface area contributed by atoms with Gasteiger partial charge < -0.3 is 15.0 Å². The fraction of sp³-hybridized carbons (Fsp3) is 0.450. The molecule has 0 aliphatic carbocycles. The van der Waals surface area contributed by atoms with E-state index in [0.29, 0.717) is 32.2 Å². The van der Waals surface area contributed by atoms with Gasteiger partial charge in [-0.25, -0.2) is 0 Å². The number of carbonyl (C=O) groups is 1. The Morgan fingerprint density at radius 3 is 2.67 bits per heavy atom. The molecule has 2 saturated heterocycles. The van der Waals surface area contributed by atoms with Crippen LogP contribution in [0.4, 0.5) is 0 Å². The van der Waals surface area contributed by atoms with Gasteiger partial charge in [0.05, 0.1) is 13.2 Å². The summed E-state index contributed by atoms with van der Waals surface area (Å²) in [4.78, 5) is 14.6. The van der Waals surface area contributed by atoms with Crippen LogP contribution in [0.5, 0.6) is 0 Å². The number of carbonyl (C=O) groups excluding carboxylic acids is 1. The van der Waals surface area contributed by atoms with Crippen molar-refractivity contribution >= 4 is 16.7 Å². The molecule has 0 bridgehead atoms. The lowest BCUT2D eigenvalue weighted by Gasteiger charge is -2.27. The predicted molar refractivity (Wildman–Crippen MR) is 95.5 cm³/mol. The van der Waals surface area contributed by atoms with E-state index in [9.17, 15) is 4.79 Å². The van der Waals surface area contributed by atoms with Gasteiger partial charge in [0.25, 0.3) is 5.91 Å². The second-order valence-corrected chi connectivity index (χ2v) is 6.71. The average molecular weight is 324 g/mol. The minimum Gasteiger partial charge on any atom is -0.378 e. The first-order valence-electron chi connectivity index (χ1n) is 8.93. The maximum absolute atomic E-state index is 12.7. The summed E-state index contributed by atoms with van der Waals surface area (Å²) in [5.74, 6) is 0.739. The van der Waals surface area contributed by atoms with Crippen LogP contribution in [0.15, 0.2) is 36.4 Å². The quantitative estimate of drug-likeness (QED) is 0.923. The molecule has 24 heavy (non-hydrogen) atoms. The maximum Gasteiger partial charge on any atom is 0.254 e. The second kappa shape index (κ2) is 6.91. The Morgan fingerprint density at radius 1 is 1.08 bits per heavy atom. The van der Waals surface area contributed by atoms with Crippen molar-refractivity contribution in [1.29, 1.82) is 0 Å². The van der Waals surface area contributed by atoms with E-state index in [1.807, 2.05) is 11.0 Å². The van der Waals surface area contributed by atoms with Crippen LogP contribution in [-0.4, -0.2) is 50.2 Å². The number of hydrogen-bond acceptors (Lipinski definition) is 3. The number of morpholine rings is 1. The predicted octanol–water partition coefficient (Wildman–Crippen LogP) is 2.78. The minimum atomic E-state index is 0.118. The summed E-state index contributed by atoms with van der Waals surface area (Å²) in [6.07, 6.45) is 2.38. The fourth-order valence-electron chi connectivity index (χ4n) is 3.88. The van der Waals surface area contributed by atoms with Crippen molar-refractivity contribution in [1.82, 2.24) is 10.2 Å². The lowest BCUT2D eigenvalue weighted by Crippen LogP contribution is -2.40. The molecule has 2 fully saturated rings. The Kier molecular flexibility index (Phi) is 4.50. The van der Waals surface area contributed by atoms with Gasteiger partial charge in [0, 0.05) is 18.7 Å². The van der Waals surface area contributed by atoms with E-state index in [4.69, 9.17) is 4.74 Å². The molecule has 0 radical (unpaired) electrons. The first kappa shape index (κ1) is 15.6. The summed E-state index contributed by atoms with van der Waals surface area (Å²) >= 11 is 0. The number of fused-ring (bicyclic) bond motifs is 1. The highest BCUT2D eigenvalue weighted by Gasteiger charge is 2.20. The number of nitrogens with one attached hydrogen (secondary N) is 1. The van der Waals surface area contributed by atoms with Crippen LogP contribution in [0.3, 0.4) is 0 Å². The Hall–Kier alpha value is -1.91. The molecule has 0 spiro atoms.